The average Bonchev–Trinajstić information content (AvgIpc) is 2.67. The standard InChI is InChI=1S/C17H27N3O6/c1-9-10(18-13(23)25-15(2,3)4)11(21)19-17(9)8-20(12(17)22)14(24)26-16(5,6)7/h9-10H,8H2,1-7H3,(H,18,23)(H,19,21)/t9-,10+,17?/m1/s1. The van der Waals surface area contributed by atoms with Crippen LogP contribution in [0.5, 0.6) is 0 Å². The number of imide groups is 1. The third kappa shape index (κ3) is 3.76. The number of likely N-dealkylation sites (tertiary alicyclic amines) is 1. The van der Waals surface area contributed by atoms with E-state index in [0.717, 1.165) is 4.90 Å². The van der Waals surface area contributed by atoms with Crippen molar-refractivity contribution in [3.8, 4) is 0 Å². The minimum atomic E-state index is -1.21. The Labute approximate surface area is 152 Å². The van der Waals surface area contributed by atoms with Crippen LogP contribution in [-0.2, 0) is 19.1 Å². The number of hydrogen-bond acceptors (Lipinski definition) is 6. The topological polar surface area (TPSA) is 114 Å². The van der Waals surface area contributed by atoms with Crippen molar-refractivity contribution in [3.63, 3.8) is 0 Å². The van der Waals surface area contributed by atoms with Crippen molar-refractivity contribution in [2.24, 2.45) is 5.92 Å². The highest BCUT2D eigenvalue weighted by atomic mass is 16.6. The van der Waals surface area contributed by atoms with Crippen LogP contribution < -0.4 is 10.6 Å². The van der Waals surface area contributed by atoms with Gasteiger partial charge in [-0.15, -0.1) is 0 Å². The van der Waals surface area contributed by atoms with Crippen LogP contribution >= 0.6 is 0 Å². The molecule has 0 aromatic rings. The van der Waals surface area contributed by atoms with Crippen LogP contribution in [0.25, 0.3) is 0 Å². The second-order valence-electron chi connectivity index (χ2n) is 8.74. The highest BCUT2D eigenvalue weighted by Crippen LogP contribution is 2.38. The van der Waals surface area contributed by atoms with E-state index in [0.29, 0.717) is 0 Å². The van der Waals surface area contributed by atoms with E-state index in [2.05, 4.69) is 10.6 Å². The average molecular weight is 369 g/mol. The summed E-state index contributed by atoms with van der Waals surface area (Å²) in [5.41, 5.74) is -2.65. The number of carbonyl (C=O) groups is 4. The predicted octanol–water partition coefficient (Wildman–Crippen LogP) is 1.16. The van der Waals surface area contributed by atoms with E-state index in [-0.39, 0.29) is 6.54 Å². The molecule has 4 amide bonds. The van der Waals surface area contributed by atoms with E-state index in [9.17, 15) is 19.2 Å². The van der Waals surface area contributed by atoms with Gasteiger partial charge in [0.1, 0.15) is 22.8 Å². The molecular formula is C17H27N3O6. The van der Waals surface area contributed by atoms with Gasteiger partial charge in [-0.25, -0.2) is 14.5 Å². The normalized spacial score (nSPS) is 28.5. The summed E-state index contributed by atoms with van der Waals surface area (Å²) in [7, 11) is 0. The fraction of sp³-hybridized carbons (Fsp3) is 0.765. The fourth-order valence-electron chi connectivity index (χ4n) is 2.98. The Morgan fingerprint density at radius 3 is 2.12 bits per heavy atom. The van der Waals surface area contributed by atoms with Crippen molar-refractivity contribution in [1.82, 2.24) is 15.5 Å². The lowest BCUT2D eigenvalue weighted by molar-refractivity contribution is -0.153. The van der Waals surface area contributed by atoms with Crippen molar-refractivity contribution in [2.75, 3.05) is 6.54 Å². The van der Waals surface area contributed by atoms with Crippen LogP contribution in [0.1, 0.15) is 48.5 Å². The molecule has 9 nitrogen and oxygen atoms in total. The van der Waals surface area contributed by atoms with Crippen LogP contribution in [0.2, 0.25) is 0 Å². The maximum Gasteiger partial charge on any atom is 0.417 e. The summed E-state index contributed by atoms with van der Waals surface area (Å²) in [4.78, 5) is 49.9. The minimum Gasteiger partial charge on any atom is -0.444 e. The van der Waals surface area contributed by atoms with Crippen molar-refractivity contribution in [2.45, 2.75) is 71.2 Å². The maximum atomic E-state index is 12.6. The first kappa shape index (κ1) is 20.0. The van der Waals surface area contributed by atoms with Crippen molar-refractivity contribution >= 4 is 24.0 Å². The predicted molar refractivity (Wildman–Crippen MR) is 91.1 cm³/mol. The minimum absolute atomic E-state index is 0.000151. The molecule has 3 atom stereocenters. The quantitative estimate of drug-likeness (QED) is 0.671. The third-order valence-corrected chi connectivity index (χ3v) is 4.23. The molecule has 0 aromatic carbocycles. The summed E-state index contributed by atoms with van der Waals surface area (Å²) in [5, 5.41) is 5.13. The fourth-order valence-corrected chi connectivity index (χ4v) is 2.98. The van der Waals surface area contributed by atoms with Gasteiger partial charge in [0.25, 0.3) is 5.91 Å². The van der Waals surface area contributed by atoms with Crippen LogP contribution in [0.3, 0.4) is 0 Å². The van der Waals surface area contributed by atoms with Crippen LogP contribution in [-0.4, -0.2) is 58.2 Å². The number of nitrogens with zero attached hydrogens (tertiary/aromatic N) is 1. The first-order valence-corrected chi connectivity index (χ1v) is 8.53. The molecule has 9 heteroatoms. The van der Waals surface area contributed by atoms with E-state index in [1.54, 1.807) is 48.5 Å². The lowest BCUT2D eigenvalue weighted by Gasteiger charge is -2.47. The van der Waals surface area contributed by atoms with Crippen molar-refractivity contribution < 1.29 is 28.7 Å². The summed E-state index contributed by atoms with van der Waals surface area (Å²) in [6.07, 6.45) is -1.49. The molecule has 2 N–H and O–H groups in total. The first-order chi connectivity index (χ1) is 11.7. The van der Waals surface area contributed by atoms with E-state index in [1.807, 2.05) is 0 Å². The summed E-state index contributed by atoms with van der Waals surface area (Å²) in [6.45, 7) is 11.9. The lowest BCUT2D eigenvalue weighted by Crippen LogP contribution is -2.75. The molecular weight excluding hydrogens is 342 g/mol. The molecule has 2 aliphatic rings. The molecule has 2 aliphatic heterocycles. The highest BCUT2D eigenvalue weighted by Gasteiger charge is 2.66. The van der Waals surface area contributed by atoms with Gasteiger partial charge < -0.3 is 20.1 Å². The van der Waals surface area contributed by atoms with Crippen LogP contribution in [0.15, 0.2) is 0 Å². The second kappa shape index (κ2) is 6.14. The highest BCUT2D eigenvalue weighted by molar-refractivity contribution is 6.08. The Hall–Kier alpha value is -2.32. The van der Waals surface area contributed by atoms with Gasteiger partial charge in [-0.2, -0.15) is 0 Å². The van der Waals surface area contributed by atoms with Crippen LogP contribution in [0, 0.1) is 5.92 Å². The molecule has 2 saturated heterocycles. The summed E-state index contributed by atoms with van der Waals surface area (Å²) in [6, 6.07) is -0.922. The SMILES string of the molecule is C[C@@H]1[C@H](NC(=O)OC(C)(C)C)C(=O)NC12CN(C(=O)OC(C)(C)C)C2=O. The van der Waals surface area contributed by atoms with Crippen LogP contribution in [0.4, 0.5) is 9.59 Å². The summed E-state index contributed by atoms with van der Waals surface area (Å²) >= 11 is 0. The largest absolute Gasteiger partial charge is 0.444 e. The Bertz CT molecular complexity index is 648. The van der Waals surface area contributed by atoms with E-state index < -0.39 is 52.7 Å². The van der Waals surface area contributed by atoms with Gasteiger partial charge in [-0.05, 0) is 41.5 Å². The number of rotatable bonds is 1. The number of carbonyl (C=O) groups excluding carboxylic acids is 4. The zero-order valence-corrected chi connectivity index (χ0v) is 16.3. The van der Waals surface area contributed by atoms with Gasteiger partial charge in [0, 0.05) is 5.92 Å². The summed E-state index contributed by atoms with van der Waals surface area (Å²) in [5.74, 6) is -1.57. The molecule has 2 fully saturated rings. The monoisotopic (exact) mass is 369 g/mol. The number of nitrogens with one attached hydrogen (secondary N) is 2. The van der Waals surface area contributed by atoms with Gasteiger partial charge in [0.05, 0.1) is 6.54 Å². The van der Waals surface area contributed by atoms with Gasteiger partial charge in [0.2, 0.25) is 5.91 Å². The zero-order chi connectivity index (χ0) is 20.1. The first-order valence-electron chi connectivity index (χ1n) is 8.53. The maximum absolute atomic E-state index is 12.6. The van der Waals surface area contributed by atoms with E-state index in [4.69, 9.17) is 9.47 Å². The third-order valence-electron chi connectivity index (χ3n) is 4.23. The zero-order valence-electron chi connectivity index (χ0n) is 16.3. The number of alkyl carbamates (subject to hydrolysis) is 1. The van der Waals surface area contributed by atoms with Gasteiger partial charge in [-0.1, -0.05) is 6.92 Å². The number of amides is 4. The smallest absolute Gasteiger partial charge is 0.417 e. The Morgan fingerprint density at radius 2 is 1.65 bits per heavy atom. The molecule has 2 heterocycles. The van der Waals surface area contributed by atoms with Gasteiger partial charge in [-0.3, -0.25) is 9.59 Å². The Balaban J connectivity index is 2.05. The molecule has 1 spiro atoms. The number of ether oxygens (including phenoxy) is 2. The van der Waals surface area contributed by atoms with Crippen molar-refractivity contribution in [3.05, 3.63) is 0 Å². The second-order valence-corrected chi connectivity index (χ2v) is 8.74. The number of β-lactam (4-membered cyclic amide) rings is 1. The van der Waals surface area contributed by atoms with Gasteiger partial charge >= 0.3 is 12.2 Å². The Kier molecular flexibility index (Phi) is 4.72. The molecule has 0 bridgehead atoms. The molecule has 0 radical (unpaired) electrons. The number of hydrogen-bond donors (Lipinski definition) is 2. The molecule has 1 unspecified atom stereocenters. The molecule has 0 aromatic heterocycles. The molecule has 0 saturated carbocycles. The Morgan fingerprint density at radius 1 is 1.12 bits per heavy atom. The molecule has 146 valence electrons. The molecule has 2 rings (SSSR count). The molecule has 26 heavy (non-hydrogen) atoms. The summed E-state index contributed by atoms with van der Waals surface area (Å²) < 4.78 is 10.3. The lowest BCUT2D eigenvalue weighted by atomic mass is 9.77. The van der Waals surface area contributed by atoms with E-state index in [1.165, 1.54) is 0 Å². The van der Waals surface area contributed by atoms with Crippen molar-refractivity contribution in [1.29, 1.82) is 0 Å². The van der Waals surface area contributed by atoms with E-state index >= 15 is 0 Å². The molecule has 0 aliphatic carbocycles. The van der Waals surface area contributed by atoms with Gasteiger partial charge in [0.15, 0.2) is 0 Å².